The number of carbonyl (C=O) groups excluding carboxylic acids is 1. The van der Waals surface area contributed by atoms with Crippen molar-refractivity contribution in [2.75, 3.05) is 11.5 Å². The van der Waals surface area contributed by atoms with Gasteiger partial charge in [-0.3, -0.25) is 4.79 Å². The largest absolute Gasteiger partial charge is 0.480 e. The summed E-state index contributed by atoms with van der Waals surface area (Å²) in [4.78, 5) is 21.8. The van der Waals surface area contributed by atoms with Gasteiger partial charge in [0.1, 0.15) is 6.04 Å². The van der Waals surface area contributed by atoms with Gasteiger partial charge in [-0.05, 0) is 25.5 Å². The molecule has 86 valence electrons. The number of carboxylic acids is 1. The second-order valence-corrected chi connectivity index (χ2v) is 4.74. The van der Waals surface area contributed by atoms with Gasteiger partial charge in [0.15, 0.2) is 0 Å². The van der Waals surface area contributed by atoms with Crippen molar-refractivity contribution in [2.45, 2.75) is 31.8 Å². The molecular weight excluding hydrogens is 216 g/mol. The molecule has 1 saturated heterocycles. The van der Waals surface area contributed by atoms with Crippen molar-refractivity contribution in [3.63, 3.8) is 0 Å². The minimum atomic E-state index is -1.02. The molecule has 0 aromatic carbocycles. The molecule has 1 rings (SSSR count). The number of rotatable bonds is 3. The molecule has 0 spiro atoms. The molecule has 15 heavy (non-hydrogen) atoms. The molecule has 1 fully saturated rings. The molecule has 2 unspecified atom stereocenters. The van der Waals surface area contributed by atoms with Crippen LogP contribution in [0.25, 0.3) is 0 Å². The summed E-state index contributed by atoms with van der Waals surface area (Å²) in [7, 11) is 0. The smallest absolute Gasteiger partial charge is 0.325 e. The van der Waals surface area contributed by atoms with Gasteiger partial charge in [-0.15, -0.1) is 0 Å². The number of urea groups is 1. The number of thioether (sulfide) groups is 1. The third kappa shape index (κ3) is 4.42. The van der Waals surface area contributed by atoms with E-state index in [1.54, 1.807) is 0 Å². The molecule has 5 nitrogen and oxygen atoms in total. The van der Waals surface area contributed by atoms with Crippen LogP contribution in [0, 0.1) is 0 Å². The zero-order valence-corrected chi connectivity index (χ0v) is 9.47. The first-order valence-corrected chi connectivity index (χ1v) is 6.12. The van der Waals surface area contributed by atoms with Gasteiger partial charge in [0.2, 0.25) is 0 Å². The van der Waals surface area contributed by atoms with Crippen molar-refractivity contribution in [1.82, 2.24) is 10.6 Å². The number of carbonyl (C=O) groups is 2. The van der Waals surface area contributed by atoms with Crippen LogP contribution in [-0.4, -0.2) is 40.7 Å². The van der Waals surface area contributed by atoms with E-state index >= 15 is 0 Å². The van der Waals surface area contributed by atoms with Crippen molar-refractivity contribution in [3.05, 3.63) is 0 Å². The quantitative estimate of drug-likeness (QED) is 0.667. The van der Waals surface area contributed by atoms with E-state index in [2.05, 4.69) is 10.6 Å². The number of aliphatic carboxylic acids is 1. The minimum absolute atomic E-state index is 0.171. The third-order valence-corrected chi connectivity index (χ3v) is 3.43. The van der Waals surface area contributed by atoms with Crippen molar-refractivity contribution in [2.24, 2.45) is 0 Å². The number of nitrogens with one attached hydrogen (secondary N) is 2. The van der Waals surface area contributed by atoms with E-state index in [-0.39, 0.29) is 6.04 Å². The van der Waals surface area contributed by atoms with Crippen molar-refractivity contribution in [3.8, 4) is 0 Å². The van der Waals surface area contributed by atoms with Crippen LogP contribution in [0.3, 0.4) is 0 Å². The lowest BCUT2D eigenvalue weighted by atomic mass is 10.2. The average molecular weight is 232 g/mol. The SMILES string of the molecule is CC(NC(=O)NC1CCCSC1)C(=O)O. The fourth-order valence-corrected chi connectivity index (χ4v) is 2.41. The van der Waals surface area contributed by atoms with Gasteiger partial charge in [0, 0.05) is 11.8 Å². The summed E-state index contributed by atoms with van der Waals surface area (Å²) in [5, 5.41) is 13.7. The molecule has 6 heteroatoms. The highest BCUT2D eigenvalue weighted by atomic mass is 32.2. The van der Waals surface area contributed by atoms with Gasteiger partial charge in [0.25, 0.3) is 0 Å². The first kappa shape index (κ1) is 12.2. The highest BCUT2D eigenvalue weighted by Gasteiger charge is 2.18. The van der Waals surface area contributed by atoms with Crippen LogP contribution in [0.1, 0.15) is 19.8 Å². The van der Waals surface area contributed by atoms with E-state index in [0.717, 1.165) is 24.3 Å². The fourth-order valence-electron chi connectivity index (χ4n) is 1.34. The Balaban J connectivity index is 2.25. The number of carboxylic acid groups (broad SMARTS) is 1. The maximum atomic E-state index is 11.3. The first-order chi connectivity index (χ1) is 7.09. The standard InChI is InChI=1S/C9H16N2O3S/c1-6(8(12)13)10-9(14)11-7-3-2-4-15-5-7/h6-7H,2-5H2,1H3,(H,12,13)(H2,10,11,14). The second kappa shape index (κ2) is 5.85. The predicted octanol–water partition coefficient (Wildman–Crippen LogP) is 0.654. The molecule has 0 aromatic rings. The molecular formula is C9H16N2O3S. The Morgan fingerprint density at radius 1 is 1.53 bits per heavy atom. The summed E-state index contributed by atoms with van der Waals surface area (Å²) in [5.74, 6) is 1.03. The minimum Gasteiger partial charge on any atom is -0.480 e. The lowest BCUT2D eigenvalue weighted by Gasteiger charge is -2.23. The van der Waals surface area contributed by atoms with E-state index in [1.807, 2.05) is 11.8 Å². The number of hydrogen-bond acceptors (Lipinski definition) is 3. The second-order valence-electron chi connectivity index (χ2n) is 3.59. The molecule has 0 bridgehead atoms. The van der Waals surface area contributed by atoms with Crippen molar-refractivity contribution < 1.29 is 14.7 Å². The van der Waals surface area contributed by atoms with Crippen LogP contribution < -0.4 is 10.6 Å². The summed E-state index contributed by atoms with van der Waals surface area (Å²) in [6, 6.07) is -1.07. The lowest BCUT2D eigenvalue weighted by Crippen LogP contribution is -2.49. The molecule has 0 saturated carbocycles. The Labute approximate surface area is 93.0 Å². The van der Waals surface area contributed by atoms with E-state index in [4.69, 9.17) is 5.11 Å². The van der Waals surface area contributed by atoms with Crippen LogP contribution >= 0.6 is 11.8 Å². The van der Waals surface area contributed by atoms with Crippen LogP contribution in [0.4, 0.5) is 4.79 Å². The van der Waals surface area contributed by atoms with E-state index in [0.29, 0.717) is 0 Å². The van der Waals surface area contributed by atoms with Crippen molar-refractivity contribution >= 4 is 23.8 Å². The number of amides is 2. The molecule has 1 heterocycles. The summed E-state index contributed by atoms with van der Waals surface area (Å²) in [5.41, 5.74) is 0. The Morgan fingerprint density at radius 3 is 2.80 bits per heavy atom. The summed E-state index contributed by atoms with van der Waals surface area (Å²) in [6.07, 6.45) is 2.08. The Bertz CT molecular complexity index is 242. The Morgan fingerprint density at radius 2 is 2.27 bits per heavy atom. The topological polar surface area (TPSA) is 78.4 Å². The highest BCUT2D eigenvalue weighted by molar-refractivity contribution is 7.99. The zero-order chi connectivity index (χ0) is 11.3. The fraction of sp³-hybridized carbons (Fsp3) is 0.778. The zero-order valence-electron chi connectivity index (χ0n) is 8.66. The maximum Gasteiger partial charge on any atom is 0.325 e. The molecule has 2 atom stereocenters. The van der Waals surface area contributed by atoms with Crippen LogP contribution in [0.2, 0.25) is 0 Å². The maximum absolute atomic E-state index is 11.3. The molecule has 0 aromatic heterocycles. The highest BCUT2D eigenvalue weighted by Crippen LogP contribution is 2.16. The first-order valence-electron chi connectivity index (χ1n) is 4.97. The average Bonchev–Trinajstić information content (AvgIpc) is 2.18. The monoisotopic (exact) mass is 232 g/mol. The lowest BCUT2D eigenvalue weighted by molar-refractivity contribution is -0.138. The molecule has 2 amide bonds. The van der Waals surface area contributed by atoms with Gasteiger partial charge in [-0.2, -0.15) is 11.8 Å². The molecule has 0 aliphatic carbocycles. The van der Waals surface area contributed by atoms with Gasteiger partial charge in [-0.25, -0.2) is 4.79 Å². The number of hydrogen-bond donors (Lipinski definition) is 3. The molecule has 3 N–H and O–H groups in total. The van der Waals surface area contributed by atoms with Gasteiger partial charge in [-0.1, -0.05) is 0 Å². The molecule has 0 radical (unpaired) electrons. The molecule has 1 aliphatic rings. The van der Waals surface area contributed by atoms with E-state index in [9.17, 15) is 9.59 Å². The Hall–Kier alpha value is -0.910. The predicted molar refractivity (Wildman–Crippen MR) is 59.1 cm³/mol. The Kier molecular flexibility index (Phi) is 4.74. The van der Waals surface area contributed by atoms with E-state index in [1.165, 1.54) is 6.92 Å². The summed E-state index contributed by atoms with van der Waals surface area (Å²) < 4.78 is 0. The summed E-state index contributed by atoms with van der Waals surface area (Å²) >= 11 is 1.81. The molecule has 1 aliphatic heterocycles. The van der Waals surface area contributed by atoms with Crippen LogP contribution in [0.5, 0.6) is 0 Å². The third-order valence-electron chi connectivity index (χ3n) is 2.21. The van der Waals surface area contributed by atoms with Gasteiger partial charge >= 0.3 is 12.0 Å². The van der Waals surface area contributed by atoms with Crippen LogP contribution in [0.15, 0.2) is 0 Å². The van der Waals surface area contributed by atoms with Crippen molar-refractivity contribution in [1.29, 1.82) is 0 Å². The summed E-state index contributed by atoms with van der Waals surface area (Å²) in [6.45, 7) is 1.44. The van der Waals surface area contributed by atoms with Gasteiger partial charge in [0.05, 0.1) is 0 Å². The van der Waals surface area contributed by atoms with Crippen LogP contribution in [-0.2, 0) is 4.79 Å². The van der Waals surface area contributed by atoms with Gasteiger partial charge < -0.3 is 15.7 Å². The van der Waals surface area contributed by atoms with E-state index < -0.39 is 18.0 Å². The normalized spacial score (nSPS) is 22.9.